The summed E-state index contributed by atoms with van der Waals surface area (Å²) in [4.78, 5) is 15.1. The maximum atomic E-state index is 13.5. The van der Waals surface area contributed by atoms with Crippen molar-refractivity contribution in [1.29, 1.82) is 5.26 Å². The van der Waals surface area contributed by atoms with E-state index in [-0.39, 0.29) is 23.2 Å². The van der Waals surface area contributed by atoms with Crippen LogP contribution in [-0.4, -0.2) is 43.2 Å². The first-order valence-electron chi connectivity index (χ1n) is 12.5. The summed E-state index contributed by atoms with van der Waals surface area (Å²) in [6, 6.07) is 5.39. The second-order valence-electron chi connectivity index (χ2n) is 9.62. The van der Waals surface area contributed by atoms with Crippen molar-refractivity contribution in [2.45, 2.75) is 58.8 Å². The van der Waals surface area contributed by atoms with Crippen molar-refractivity contribution in [3.63, 3.8) is 0 Å². The lowest BCUT2D eigenvalue weighted by Gasteiger charge is -2.36. The fourth-order valence-electron chi connectivity index (χ4n) is 4.35. The third-order valence-corrected chi connectivity index (χ3v) is 6.75. The van der Waals surface area contributed by atoms with Crippen LogP contribution >= 0.6 is 0 Å². The first-order valence-corrected chi connectivity index (χ1v) is 12.5. The molecular weight excluding hydrogens is 490 g/mol. The van der Waals surface area contributed by atoms with Crippen LogP contribution in [0.25, 0.3) is 5.70 Å². The molecule has 1 spiro atoms. The highest BCUT2D eigenvalue weighted by Gasteiger charge is 2.43. The van der Waals surface area contributed by atoms with E-state index in [0.717, 1.165) is 12.0 Å². The number of hydrogen-bond donors (Lipinski definition) is 0. The molecule has 0 saturated carbocycles. The summed E-state index contributed by atoms with van der Waals surface area (Å²) in [7, 11) is 2.97. The van der Waals surface area contributed by atoms with Gasteiger partial charge in [0.15, 0.2) is 5.78 Å². The van der Waals surface area contributed by atoms with Crippen LogP contribution in [0.4, 0.5) is 8.78 Å². The normalized spacial score (nSPS) is 17.1. The predicted octanol–water partition coefficient (Wildman–Crippen LogP) is 6.83. The highest BCUT2D eigenvalue weighted by atomic mass is 19.3. The molecule has 3 rings (SSSR count). The van der Waals surface area contributed by atoms with Crippen molar-refractivity contribution < 1.29 is 27.8 Å². The van der Waals surface area contributed by atoms with Gasteiger partial charge in [-0.05, 0) is 69.5 Å². The lowest BCUT2D eigenvalue weighted by Crippen LogP contribution is -2.35. The van der Waals surface area contributed by atoms with E-state index in [4.69, 9.17) is 14.2 Å². The van der Waals surface area contributed by atoms with E-state index in [2.05, 4.69) is 6.07 Å². The summed E-state index contributed by atoms with van der Waals surface area (Å²) in [6.07, 6.45) is 15.8. The van der Waals surface area contributed by atoms with E-state index in [0.29, 0.717) is 17.7 Å². The van der Waals surface area contributed by atoms with Crippen LogP contribution in [-0.2, 0) is 4.74 Å². The number of ether oxygens (including phenoxy) is 3. The number of alkyl halides is 2. The third kappa shape index (κ3) is 6.05. The van der Waals surface area contributed by atoms with Crippen LogP contribution < -0.4 is 9.47 Å². The van der Waals surface area contributed by atoms with Crippen LogP contribution in [0, 0.1) is 16.7 Å². The van der Waals surface area contributed by atoms with Gasteiger partial charge in [0, 0.05) is 24.6 Å². The molecule has 0 radical (unpaired) electrons. The van der Waals surface area contributed by atoms with E-state index < -0.39 is 23.3 Å². The van der Waals surface area contributed by atoms with Crippen LogP contribution in [0.15, 0.2) is 66.4 Å². The van der Waals surface area contributed by atoms with Crippen LogP contribution in [0.3, 0.4) is 0 Å². The van der Waals surface area contributed by atoms with Crippen LogP contribution in [0.1, 0.15) is 56.5 Å². The van der Waals surface area contributed by atoms with Crippen molar-refractivity contribution in [3.8, 4) is 17.6 Å². The largest absolute Gasteiger partial charge is 0.496 e. The molecule has 1 atom stereocenters. The number of benzene rings is 1. The van der Waals surface area contributed by atoms with Gasteiger partial charge in [0.25, 0.3) is 0 Å². The lowest BCUT2D eigenvalue weighted by atomic mass is 9.82. The quantitative estimate of drug-likeness (QED) is 0.170. The van der Waals surface area contributed by atoms with Gasteiger partial charge >= 0.3 is 6.61 Å². The average Bonchev–Trinajstić information content (AvgIpc) is 3.66. The van der Waals surface area contributed by atoms with Crippen molar-refractivity contribution >= 4 is 11.5 Å². The van der Waals surface area contributed by atoms with Gasteiger partial charge in [-0.2, -0.15) is 14.0 Å². The molecule has 202 valence electrons. The zero-order valence-electron chi connectivity index (χ0n) is 22.6. The van der Waals surface area contributed by atoms with Crippen molar-refractivity contribution in [1.82, 2.24) is 4.90 Å². The molecule has 0 amide bonds. The summed E-state index contributed by atoms with van der Waals surface area (Å²) in [5, 5.41) is 9.58. The number of hydrogen-bond acceptors (Lipinski definition) is 6. The second-order valence-corrected chi connectivity index (χ2v) is 9.62. The number of halogens is 2. The van der Waals surface area contributed by atoms with Gasteiger partial charge in [0.2, 0.25) is 0 Å². The molecule has 1 aromatic rings. The summed E-state index contributed by atoms with van der Waals surface area (Å²) in [6.45, 7) is 4.37. The standard InChI is InChI=1S/C30H34F2N2O4/c1-7-22(36-5)10-9-11-24(35)27-25(37-6)16-20(17-26(27)38-28(31)32)23(8-2)34-15-12-21(29(3,4)19-33)18-30(34)13-14-30/h8-9,11-18,22,28H,7,10H2,1-6H3/b11-9+,23-8-. The maximum absolute atomic E-state index is 13.5. The molecule has 1 unspecified atom stereocenters. The number of nitrogens with zero attached hydrogens (tertiary/aromatic N) is 2. The molecule has 1 aliphatic carbocycles. The molecule has 0 fully saturated rings. The smallest absolute Gasteiger partial charge is 0.387 e. The molecule has 1 aromatic carbocycles. The highest BCUT2D eigenvalue weighted by Crippen LogP contribution is 2.46. The van der Waals surface area contributed by atoms with Crippen LogP contribution in [0.2, 0.25) is 0 Å². The Morgan fingerprint density at radius 2 is 1.92 bits per heavy atom. The predicted molar refractivity (Wildman–Crippen MR) is 143 cm³/mol. The monoisotopic (exact) mass is 524 g/mol. The van der Waals surface area contributed by atoms with Crippen molar-refractivity contribution in [2.75, 3.05) is 14.2 Å². The Bertz CT molecular complexity index is 1240. The average molecular weight is 525 g/mol. The number of methoxy groups -OCH3 is 2. The molecule has 0 saturated heterocycles. The van der Waals surface area contributed by atoms with Crippen LogP contribution in [0.5, 0.6) is 11.5 Å². The Kier molecular flexibility index (Phi) is 8.95. The highest BCUT2D eigenvalue weighted by molar-refractivity contribution is 6.09. The minimum atomic E-state index is -3.14. The van der Waals surface area contributed by atoms with Gasteiger partial charge in [-0.1, -0.05) is 31.2 Å². The van der Waals surface area contributed by atoms with Gasteiger partial charge in [-0.25, -0.2) is 0 Å². The zero-order chi connectivity index (χ0) is 28.1. The van der Waals surface area contributed by atoms with Gasteiger partial charge in [-0.3, -0.25) is 4.79 Å². The number of rotatable bonds is 12. The Balaban J connectivity index is 2.02. The fourth-order valence-corrected chi connectivity index (χ4v) is 4.35. The SMILES string of the molecule is C/C=C(/c1cc(OC)c(C(=O)/C=C/CC(CC)OC)c(OC(F)F)c1)N1C=CC(C(C)(C)C#N)=CC12C=C2. The molecular formula is C30H34F2N2O4. The second kappa shape index (κ2) is 11.8. The van der Waals surface area contributed by atoms with E-state index in [1.54, 1.807) is 19.3 Å². The molecule has 0 bridgehead atoms. The maximum Gasteiger partial charge on any atom is 0.387 e. The summed E-state index contributed by atoms with van der Waals surface area (Å²) in [5.41, 5.74) is 0.788. The Labute approximate surface area is 223 Å². The Morgan fingerprint density at radius 1 is 1.24 bits per heavy atom. The number of carbonyl (C=O) groups excluding carboxylic acids is 1. The van der Waals surface area contributed by atoms with Gasteiger partial charge in [-0.15, -0.1) is 0 Å². The van der Waals surface area contributed by atoms with Crippen molar-refractivity contribution in [2.24, 2.45) is 5.41 Å². The molecule has 0 aromatic heterocycles. The number of carbonyl (C=O) groups is 1. The van der Waals surface area contributed by atoms with E-state index in [1.165, 1.54) is 19.3 Å². The molecule has 38 heavy (non-hydrogen) atoms. The Morgan fingerprint density at radius 3 is 2.45 bits per heavy atom. The molecule has 2 aliphatic rings. The molecule has 6 nitrogen and oxygen atoms in total. The van der Waals surface area contributed by atoms with Crippen molar-refractivity contribution in [3.05, 3.63) is 77.6 Å². The summed E-state index contributed by atoms with van der Waals surface area (Å²) >= 11 is 0. The zero-order valence-corrected chi connectivity index (χ0v) is 22.6. The number of ketones is 1. The summed E-state index contributed by atoms with van der Waals surface area (Å²) < 4.78 is 42.5. The number of allylic oxidation sites excluding steroid dienone is 4. The molecule has 1 heterocycles. The van der Waals surface area contributed by atoms with E-state index in [1.807, 2.05) is 69.2 Å². The first kappa shape index (κ1) is 28.9. The van der Waals surface area contributed by atoms with Gasteiger partial charge < -0.3 is 19.1 Å². The fraction of sp³-hybridized carbons (Fsp3) is 0.400. The topological polar surface area (TPSA) is 71.8 Å². The molecule has 1 aliphatic heterocycles. The minimum absolute atomic E-state index is 0.0494. The lowest BCUT2D eigenvalue weighted by molar-refractivity contribution is -0.0502. The first-order chi connectivity index (χ1) is 18.0. The minimum Gasteiger partial charge on any atom is -0.496 e. The Hall–Kier alpha value is -3.70. The molecule has 0 N–H and O–H groups in total. The summed E-state index contributed by atoms with van der Waals surface area (Å²) in [5.74, 6) is -0.670. The third-order valence-electron chi connectivity index (χ3n) is 6.75. The van der Waals surface area contributed by atoms with E-state index >= 15 is 0 Å². The van der Waals surface area contributed by atoms with Gasteiger partial charge in [0.05, 0.1) is 24.7 Å². The van der Waals surface area contributed by atoms with E-state index in [9.17, 15) is 18.8 Å². The number of nitriles is 1. The van der Waals surface area contributed by atoms with Gasteiger partial charge in [0.1, 0.15) is 22.6 Å². The molecule has 8 heteroatoms.